The molecule has 1 unspecified atom stereocenters. The van der Waals surface area contributed by atoms with E-state index in [1.54, 1.807) is 0 Å². The summed E-state index contributed by atoms with van der Waals surface area (Å²) in [6.45, 7) is 2.00. The average Bonchev–Trinajstić information content (AvgIpc) is 2.75. The van der Waals surface area contributed by atoms with E-state index in [1.165, 1.54) is 19.3 Å². The van der Waals surface area contributed by atoms with Crippen molar-refractivity contribution in [2.45, 2.75) is 57.0 Å². The quantitative estimate of drug-likeness (QED) is 0.689. The molecule has 0 saturated heterocycles. The van der Waals surface area contributed by atoms with Gasteiger partial charge in [-0.25, -0.2) is 4.99 Å². The fraction of sp³-hybridized carbons (Fsp3) is 0.929. The van der Waals surface area contributed by atoms with Gasteiger partial charge in [-0.1, -0.05) is 13.3 Å². The maximum absolute atomic E-state index is 10.1. The van der Waals surface area contributed by atoms with Crippen LogP contribution in [-0.2, 0) is 4.74 Å². The summed E-state index contributed by atoms with van der Waals surface area (Å²) in [4.78, 5) is 4.52. The van der Waals surface area contributed by atoms with Crippen molar-refractivity contribution >= 4 is 5.90 Å². The Kier molecular flexibility index (Phi) is 3.53. The molecule has 2 fully saturated rings. The number of nitrogens with zero attached hydrogens (tertiary/aromatic N) is 1. The van der Waals surface area contributed by atoms with Gasteiger partial charge in [0.1, 0.15) is 18.2 Å². The Hall–Kier alpha value is -0.650. The minimum atomic E-state index is -0.929. The summed E-state index contributed by atoms with van der Waals surface area (Å²) in [6.07, 6.45) is 2.27. The van der Waals surface area contributed by atoms with Gasteiger partial charge >= 0.3 is 0 Å². The van der Waals surface area contributed by atoms with Crippen LogP contribution < -0.4 is 0 Å². The van der Waals surface area contributed by atoms with E-state index in [-0.39, 0.29) is 24.7 Å². The van der Waals surface area contributed by atoms with Crippen molar-refractivity contribution in [2.24, 2.45) is 22.7 Å². The van der Waals surface area contributed by atoms with Crippen LogP contribution in [0.15, 0.2) is 4.99 Å². The number of aliphatic hydroxyl groups is 3. The summed E-state index contributed by atoms with van der Waals surface area (Å²) in [5, 5.41) is 29.3. The van der Waals surface area contributed by atoms with Gasteiger partial charge in [-0.15, -0.1) is 0 Å². The number of hydrogen-bond donors (Lipinski definition) is 3. The smallest absolute Gasteiger partial charge is 0.187 e. The predicted molar refractivity (Wildman–Crippen MR) is 69.8 cm³/mol. The molecule has 6 atom stereocenters. The molecule has 3 aliphatic rings. The van der Waals surface area contributed by atoms with Gasteiger partial charge in [0.15, 0.2) is 5.90 Å². The second-order valence-electron chi connectivity index (χ2n) is 6.25. The highest BCUT2D eigenvalue weighted by Crippen LogP contribution is 2.39. The van der Waals surface area contributed by atoms with Crippen LogP contribution in [0.5, 0.6) is 0 Å². The van der Waals surface area contributed by atoms with E-state index < -0.39 is 12.2 Å². The Morgan fingerprint density at radius 1 is 1.32 bits per heavy atom. The Morgan fingerprint density at radius 3 is 2.63 bits per heavy atom. The van der Waals surface area contributed by atoms with E-state index in [0.717, 1.165) is 5.90 Å². The lowest BCUT2D eigenvalue weighted by Crippen LogP contribution is -2.52. The van der Waals surface area contributed by atoms with Gasteiger partial charge in [-0.2, -0.15) is 0 Å². The van der Waals surface area contributed by atoms with Gasteiger partial charge in [0.2, 0.25) is 0 Å². The van der Waals surface area contributed by atoms with Crippen molar-refractivity contribution in [3.8, 4) is 0 Å². The van der Waals surface area contributed by atoms with Gasteiger partial charge < -0.3 is 20.1 Å². The predicted octanol–water partition coefficient (Wildman–Crippen LogP) is 0.322. The molecule has 0 amide bonds. The van der Waals surface area contributed by atoms with E-state index in [1.807, 2.05) is 0 Å². The molecule has 5 nitrogen and oxygen atoms in total. The third-order valence-corrected chi connectivity index (χ3v) is 5.13. The summed E-state index contributed by atoms with van der Waals surface area (Å²) < 4.78 is 5.90. The molecule has 0 aromatic rings. The van der Waals surface area contributed by atoms with Gasteiger partial charge in [0.05, 0.1) is 6.10 Å². The number of aliphatic imine (C=N–C) groups is 1. The summed E-state index contributed by atoms with van der Waals surface area (Å²) >= 11 is 0. The van der Waals surface area contributed by atoms with Crippen LogP contribution in [0.25, 0.3) is 0 Å². The highest BCUT2D eigenvalue weighted by Gasteiger charge is 2.48. The maximum Gasteiger partial charge on any atom is 0.187 e. The SMILES string of the molecule is CC(C1=N[C@@H]2[C@@H](O)[C@H](O)[C@@H](CO)C[C@@H]2O1)C1CCC1. The van der Waals surface area contributed by atoms with E-state index >= 15 is 0 Å². The normalized spacial score (nSPS) is 44.0. The third kappa shape index (κ3) is 2.18. The van der Waals surface area contributed by atoms with Crippen LogP contribution >= 0.6 is 0 Å². The molecule has 0 aromatic heterocycles. The molecule has 108 valence electrons. The minimum Gasteiger partial charge on any atom is -0.475 e. The summed E-state index contributed by atoms with van der Waals surface area (Å²) in [5.41, 5.74) is 0. The molecule has 2 saturated carbocycles. The molecule has 2 aliphatic carbocycles. The van der Waals surface area contributed by atoms with E-state index in [9.17, 15) is 15.3 Å². The average molecular weight is 269 g/mol. The largest absolute Gasteiger partial charge is 0.475 e. The lowest BCUT2D eigenvalue weighted by molar-refractivity contribution is -0.0951. The minimum absolute atomic E-state index is 0.127. The maximum atomic E-state index is 10.1. The van der Waals surface area contributed by atoms with Crippen molar-refractivity contribution in [1.29, 1.82) is 0 Å². The van der Waals surface area contributed by atoms with Gasteiger partial charge in [0.25, 0.3) is 0 Å². The molecular weight excluding hydrogens is 246 g/mol. The van der Waals surface area contributed by atoms with Gasteiger partial charge in [-0.3, -0.25) is 0 Å². The van der Waals surface area contributed by atoms with Crippen molar-refractivity contribution in [3.05, 3.63) is 0 Å². The second-order valence-corrected chi connectivity index (χ2v) is 6.25. The lowest BCUT2D eigenvalue weighted by atomic mass is 9.76. The van der Waals surface area contributed by atoms with Crippen LogP contribution in [0.4, 0.5) is 0 Å². The summed E-state index contributed by atoms with van der Waals surface area (Å²) in [6, 6.07) is -0.365. The van der Waals surface area contributed by atoms with Crippen LogP contribution in [0.1, 0.15) is 32.6 Å². The monoisotopic (exact) mass is 269 g/mol. The molecule has 3 rings (SSSR count). The zero-order valence-electron chi connectivity index (χ0n) is 11.3. The molecular formula is C14H23NO4. The number of rotatable bonds is 3. The lowest BCUT2D eigenvalue weighted by Gasteiger charge is -2.37. The zero-order valence-corrected chi connectivity index (χ0v) is 11.3. The van der Waals surface area contributed by atoms with Crippen molar-refractivity contribution in [1.82, 2.24) is 0 Å². The Morgan fingerprint density at radius 2 is 2.05 bits per heavy atom. The summed E-state index contributed by atoms with van der Waals surface area (Å²) in [5.74, 6) is 1.38. The first kappa shape index (κ1) is 13.3. The molecule has 0 spiro atoms. The van der Waals surface area contributed by atoms with E-state index in [4.69, 9.17) is 4.74 Å². The van der Waals surface area contributed by atoms with Crippen LogP contribution in [0, 0.1) is 17.8 Å². The molecule has 0 bridgehead atoms. The fourth-order valence-electron chi connectivity index (χ4n) is 3.44. The topological polar surface area (TPSA) is 82.3 Å². The molecule has 19 heavy (non-hydrogen) atoms. The Bertz CT molecular complexity index is 368. The van der Waals surface area contributed by atoms with Gasteiger partial charge in [0, 0.05) is 18.4 Å². The molecule has 5 heteroatoms. The molecule has 0 aromatic carbocycles. The number of hydrogen-bond acceptors (Lipinski definition) is 5. The first-order valence-corrected chi connectivity index (χ1v) is 7.33. The van der Waals surface area contributed by atoms with E-state index in [0.29, 0.717) is 18.3 Å². The first-order valence-electron chi connectivity index (χ1n) is 7.33. The highest BCUT2D eigenvalue weighted by molar-refractivity contribution is 5.81. The van der Waals surface area contributed by atoms with Crippen molar-refractivity contribution in [3.63, 3.8) is 0 Å². The van der Waals surface area contributed by atoms with Crippen molar-refractivity contribution in [2.75, 3.05) is 6.61 Å². The Balaban J connectivity index is 1.72. The number of fused-ring (bicyclic) bond motifs is 1. The molecule has 1 heterocycles. The highest BCUT2D eigenvalue weighted by atomic mass is 16.5. The molecule has 3 N–H and O–H groups in total. The second kappa shape index (κ2) is 5.04. The first-order chi connectivity index (χ1) is 9.11. The summed E-state index contributed by atoms with van der Waals surface area (Å²) in [7, 11) is 0. The third-order valence-electron chi connectivity index (χ3n) is 5.13. The van der Waals surface area contributed by atoms with Crippen LogP contribution in [0.2, 0.25) is 0 Å². The zero-order chi connectivity index (χ0) is 13.6. The number of aliphatic hydroxyl groups excluding tert-OH is 3. The fourth-order valence-corrected chi connectivity index (χ4v) is 3.44. The van der Waals surface area contributed by atoms with Gasteiger partial charge in [-0.05, 0) is 25.2 Å². The molecule has 0 radical (unpaired) electrons. The standard InChI is InChI=1S/C14H23NO4/c1-7(8-3-2-4-8)14-15-11-10(19-14)5-9(6-16)12(17)13(11)18/h7-13,16-18H,2-6H2,1H3/t7?,9-,10+,11+,12-,13-/m1/s1. The molecule has 1 aliphatic heterocycles. The van der Waals surface area contributed by atoms with Crippen LogP contribution in [-0.4, -0.2) is 52.2 Å². The van der Waals surface area contributed by atoms with E-state index in [2.05, 4.69) is 11.9 Å². The van der Waals surface area contributed by atoms with Crippen molar-refractivity contribution < 1.29 is 20.1 Å². The Labute approximate surface area is 113 Å². The van der Waals surface area contributed by atoms with Crippen LogP contribution in [0.3, 0.4) is 0 Å². The number of ether oxygens (including phenoxy) is 1.